The molecule has 1 amide bonds. The first kappa shape index (κ1) is 14.3. The van der Waals surface area contributed by atoms with Crippen LogP contribution < -0.4 is 0 Å². The number of amides is 1. The fourth-order valence-electron chi connectivity index (χ4n) is 1.83. The van der Waals surface area contributed by atoms with Crippen molar-refractivity contribution in [2.75, 3.05) is 7.05 Å². The molecule has 0 atom stereocenters. The molecule has 20 heavy (non-hydrogen) atoms. The quantitative estimate of drug-likeness (QED) is 0.862. The molecule has 0 saturated heterocycles. The predicted octanol–water partition coefficient (Wildman–Crippen LogP) is 2.21. The molecule has 0 spiro atoms. The van der Waals surface area contributed by atoms with Gasteiger partial charge in [-0.3, -0.25) is 9.48 Å². The van der Waals surface area contributed by atoms with Gasteiger partial charge in [0.15, 0.2) is 0 Å². The third kappa shape index (κ3) is 3.07. The molecule has 0 N–H and O–H groups in total. The van der Waals surface area contributed by atoms with Crippen molar-refractivity contribution in [2.24, 2.45) is 0 Å². The fraction of sp³-hybridized carbons (Fsp3) is 0.500. The molecule has 6 nitrogen and oxygen atoms in total. The van der Waals surface area contributed by atoms with Crippen LogP contribution in [0.1, 0.15) is 42.6 Å². The van der Waals surface area contributed by atoms with Gasteiger partial charge in [-0.25, -0.2) is 0 Å². The third-order valence-corrected chi connectivity index (χ3v) is 2.94. The Balaban J connectivity index is 2.09. The van der Waals surface area contributed by atoms with E-state index in [2.05, 4.69) is 10.3 Å². The second-order valence-corrected chi connectivity index (χ2v) is 5.93. The van der Waals surface area contributed by atoms with Gasteiger partial charge in [0.2, 0.25) is 0 Å². The predicted molar refractivity (Wildman–Crippen MR) is 74.3 cm³/mol. The molecule has 2 aromatic heterocycles. The molecule has 108 valence electrons. The molecule has 2 rings (SSSR count). The van der Waals surface area contributed by atoms with Crippen LogP contribution in [-0.4, -0.2) is 32.8 Å². The maximum absolute atomic E-state index is 12.3. The van der Waals surface area contributed by atoms with Crippen LogP contribution in [0.2, 0.25) is 0 Å². The van der Waals surface area contributed by atoms with Gasteiger partial charge in [0.05, 0.1) is 23.8 Å². The molecular weight excluding hydrogens is 256 g/mol. The van der Waals surface area contributed by atoms with Gasteiger partial charge in [0, 0.05) is 19.3 Å². The minimum absolute atomic E-state index is 0.0823. The number of hydrogen-bond acceptors (Lipinski definition) is 4. The summed E-state index contributed by atoms with van der Waals surface area (Å²) in [5.41, 5.74) is 1.17. The van der Waals surface area contributed by atoms with Crippen molar-refractivity contribution in [3.63, 3.8) is 0 Å². The fourth-order valence-corrected chi connectivity index (χ4v) is 1.83. The van der Waals surface area contributed by atoms with E-state index < -0.39 is 0 Å². The molecule has 2 aromatic rings. The lowest BCUT2D eigenvalue weighted by Crippen LogP contribution is -2.26. The Morgan fingerprint density at radius 2 is 2.15 bits per heavy atom. The Kier molecular flexibility index (Phi) is 3.65. The first-order chi connectivity index (χ1) is 9.27. The number of carbonyl (C=O) groups excluding carboxylic acids is 1. The third-order valence-electron chi connectivity index (χ3n) is 2.94. The number of nitrogens with zero attached hydrogens (tertiary/aromatic N) is 4. The van der Waals surface area contributed by atoms with Crippen molar-refractivity contribution in [3.8, 4) is 0 Å². The van der Waals surface area contributed by atoms with Crippen LogP contribution in [0.5, 0.6) is 0 Å². The molecule has 2 heterocycles. The van der Waals surface area contributed by atoms with Gasteiger partial charge in [-0.2, -0.15) is 5.10 Å². The SMILES string of the molecule is Cc1cc(CN(C)C(=O)c2cnn(C(C)(C)C)c2)no1. The summed E-state index contributed by atoms with van der Waals surface area (Å²) in [7, 11) is 1.74. The summed E-state index contributed by atoms with van der Waals surface area (Å²) in [6, 6.07) is 1.82. The van der Waals surface area contributed by atoms with E-state index in [-0.39, 0.29) is 11.4 Å². The molecule has 0 aliphatic rings. The van der Waals surface area contributed by atoms with E-state index in [9.17, 15) is 4.79 Å². The van der Waals surface area contributed by atoms with Crippen molar-refractivity contribution >= 4 is 5.91 Å². The highest BCUT2D eigenvalue weighted by molar-refractivity contribution is 5.93. The van der Waals surface area contributed by atoms with Gasteiger partial charge in [0.25, 0.3) is 5.91 Å². The molecule has 0 bridgehead atoms. The summed E-state index contributed by atoms with van der Waals surface area (Å²) in [6.07, 6.45) is 3.37. The van der Waals surface area contributed by atoms with Crippen molar-refractivity contribution in [2.45, 2.75) is 39.8 Å². The molecular formula is C14H20N4O2. The average Bonchev–Trinajstić information content (AvgIpc) is 2.96. The Morgan fingerprint density at radius 3 is 2.65 bits per heavy atom. The standard InChI is InChI=1S/C14H20N4O2/c1-10-6-12(16-20-10)9-17(5)13(19)11-7-15-18(8-11)14(2,3)4/h6-8H,9H2,1-5H3. The zero-order chi connectivity index (χ0) is 14.9. The smallest absolute Gasteiger partial charge is 0.257 e. The molecule has 0 fully saturated rings. The molecule has 0 aliphatic heterocycles. The summed E-state index contributed by atoms with van der Waals surface area (Å²) < 4.78 is 6.78. The minimum Gasteiger partial charge on any atom is -0.361 e. The zero-order valence-corrected chi connectivity index (χ0v) is 12.5. The van der Waals surface area contributed by atoms with Crippen LogP contribution in [0, 0.1) is 6.92 Å². The van der Waals surface area contributed by atoms with Crippen LogP contribution in [0.15, 0.2) is 23.0 Å². The van der Waals surface area contributed by atoms with Gasteiger partial charge in [0.1, 0.15) is 11.5 Å². The van der Waals surface area contributed by atoms with E-state index in [1.807, 2.05) is 33.8 Å². The van der Waals surface area contributed by atoms with E-state index in [4.69, 9.17) is 4.52 Å². The Labute approximate surface area is 118 Å². The lowest BCUT2D eigenvalue weighted by atomic mass is 10.1. The molecule has 0 aliphatic carbocycles. The lowest BCUT2D eigenvalue weighted by molar-refractivity contribution is 0.0782. The summed E-state index contributed by atoms with van der Waals surface area (Å²) in [5, 5.41) is 8.12. The van der Waals surface area contributed by atoms with E-state index >= 15 is 0 Å². The Bertz CT molecular complexity index is 607. The first-order valence-corrected chi connectivity index (χ1v) is 6.50. The van der Waals surface area contributed by atoms with Crippen molar-refractivity contribution in [1.82, 2.24) is 19.8 Å². The number of rotatable bonds is 3. The topological polar surface area (TPSA) is 64.2 Å². The van der Waals surface area contributed by atoms with Crippen LogP contribution in [0.25, 0.3) is 0 Å². The Morgan fingerprint density at radius 1 is 1.45 bits per heavy atom. The van der Waals surface area contributed by atoms with Gasteiger partial charge in [-0.1, -0.05) is 5.16 Å². The van der Waals surface area contributed by atoms with Gasteiger partial charge >= 0.3 is 0 Å². The number of aryl methyl sites for hydroxylation is 1. The highest BCUT2D eigenvalue weighted by Crippen LogP contribution is 2.14. The number of hydrogen-bond donors (Lipinski definition) is 0. The molecule has 0 aromatic carbocycles. The van der Waals surface area contributed by atoms with Crippen molar-refractivity contribution in [3.05, 3.63) is 35.5 Å². The minimum atomic E-state index is -0.139. The van der Waals surface area contributed by atoms with E-state index in [1.165, 1.54) is 0 Å². The van der Waals surface area contributed by atoms with Gasteiger partial charge in [-0.05, 0) is 27.7 Å². The largest absolute Gasteiger partial charge is 0.361 e. The monoisotopic (exact) mass is 276 g/mol. The summed E-state index contributed by atoms with van der Waals surface area (Å²) >= 11 is 0. The second kappa shape index (κ2) is 5.11. The van der Waals surface area contributed by atoms with E-state index in [0.29, 0.717) is 12.1 Å². The normalized spacial score (nSPS) is 11.7. The van der Waals surface area contributed by atoms with Crippen molar-refractivity contribution in [1.29, 1.82) is 0 Å². The number of aromatic nitrogens is 3. The Hall–Kier alpha value is -2.11. The van der Waals surface area contributed by atoms with E-state index in [0.717, 1.165) is 11.5 Å². The maximum Gasteiger partial charge on any atom is 0.257 e. The summed E-state index contributed by atoms with van der Waals surface area (Å²) in [4.78, 5) is 13.9. The average molecular weight is 276 g/mol. The second-order valence-electron chi connectivity index (χ2n) is 5.93. The highest BCUT2D eigenvalue weighted by Gasteiger charge is 2.19. The maximum atomic E-state index is 12.3. The molecule has 6 heteroatoms. The van der Waals surface area contributed by atoms with Crippen LogP contribution in [0.3, 0.4) is 0 Å². The van der Waals surface area contributed by atoms with Crippen LogP contribution in [-0.2, 0) is 12.1 Å². The zero-order valence-electron chi connectivity index (χ0n) is 12.5. The van der Waals surface area contributed by atoms with Crippen LogP contribution in [0.4, 0.5) is 0 Å². The molecule has 0 radical (unpaired) electrons. The molecule has 0 unspecified atom stereocenters. The van der Waals surface area contributed by atoms with Crippen molar-refractivity contribution < 1.29 is 9.32 Å². The molecule has 0 saturated carbocycles. The first-order valence-electron chi connectivity index (χ1n) is 6.50. The van der Waals surface area contributed by atoms with Gasteiger partial charge in [-0.15, -0.1) is 0 Å². The van der Waals surface area contributed by atoms with Gasteiger partial charge < -0.3 is 9.42 Å². The summed E-state index contributed by atoms with van der Waals surface area (Å²) in [5.74, 6) is 0.655. The van der Waals surface area contributed by atoms with Crippen LogP contribution >= 0.6 is 0 Å². The highest BCUT2D eigenvalue weighted by atomic mass is 16.5. The number of carbonyl (C=O) groups is 1. The summed E-state index contributed by atoms with van der Waals surface area (Å²) in [6.45, 7) is 8.35. The lowest BCUT2D eigenvalue weighted by Gasteiger charge is -2.19. The van der Waals surface area contributed by atoms with E-state index in [1.54, 1.807) is 29.0 Å².